The summed E-state index contributed by atoms with van der Waals surface area (Å²) in [6.45, 7) is 5.40. The summed E-state index contributed by atoms with van der Waals surface area (Å²) in [4.78, 5) is 36.5. The number of hydrogen-bond donors (Lipinski definition) is 1. The van der Waals surface area contributed by atoms with E-state index in [1.165, 1.54) is 0 Å². The zero-order chi connectivity index (χ0) is 18.8. The van der Waals surface area contributed by atoms with Crippen molar-refractivity contribution in [2.24, 2.45) is 0 Å². The lowest BCUT2D eigenvalue weighted by molar-refractivity contribution is 0.0625. The molecule has 3 aromatic rings. The molecule has 1 amide bonds. The quantitative estimate of drug-likeness (QED) is 0.775. The molecule has 0 radical (unpaired) electrons. The summed E-state index contributed by atoms with van der Waals surface area (Å²) in [7, 11) is 0. The second-order valence-electron chi connectivity index (χ2n) is 6.91. The van der Waals surface area contributed by atoms with Crippen LogP contribution in [0.4, 0.5) is 0 Å². The first-order chi connectivity index (χ1) is 13.1. The summed E-state index contributed by atoms with van der Waals surface area (Å²) in [5.41, 5.74) is 2.38. The van der Waals surface area contributed by atoms with Crippen LogP contribution in [0.15, 0.2) is 53.3 Å². The van der Waals surface area contributed by atoms with Gasteiger partial charge in [0.15, 0.2) is 0 Å². The topological polar surface area (TPSA) is 69.3 Å². The summed E-state index contributed by atoms with van der Waals surface area (Å²) < 4.78 is 0. The number of H-pyrrole nitrogens is 1. The Balaban J connectivity index is 1.42. The average Bonchev–Trinajstić information content (AvgIpc) is 2.68. The van der Waals surface area contributed by atoms with Crippen LogP contribution in [0.5, 0.6) is 0 Å². The van der Waals surface area contributed by atoms with Gasteiger partial charge in [-0.05, 0) is 30.7 Å². The predicted octanol–water partition coefficient (Wildman–Crippen LogP) is 2.19. The van der Waals surface area contributed by atoms with Crippen molar-refractivity contribution < 1.29 is 4.79 Å². The number of carbonyl (C=O) groups is 1. The van der Waals surface area contributed by atoms with Gasteiger partial charge in [0.05, 0.1) is 17.4 Å². The van der Waals surface area contributed by atoms with Crippen LogP contribution < -0.4 is 5.56 Å². The van der Waals surface area contributed by atoms with E-state index in [4.69, 9.17) is 0 Å². The van der Waals surface area contributed by atoms with E-state index in [-0.39, 0.29) is 11.5 Å². The monoisotopic (exact) mass is 362 g/mol. The predicted molar refractivity (Wildman–Crippen MR) is 105 cm³/mol. The number of fused-ring (bicyclic) bond motifs is 1. The Morgan fingerprint density at radius 3 is 2.52 bits per heavy atom. The van der Waals surface area contributed by atoms with Gasteiger partial charge in [0.2, 0.25) is 0 Å². The lowest BCUT2D eigenvalue weighted by Crippen LogP contribution is -2.48. The number of piperazine rings is 1. The molecule has 2 aromatic carbocycles. The van der Waals surface area contributed by atoms with Gasteiger partial charge in [-0.25, -0.2) is 4.98 Å². The van der Waals surface area contributed by atoms with Crippen LogP contribution in [0.3, 0.4) is 0 Å². The van der Waals surface area contributed by atoms with E-state index in [2.05, 4.69) is 14.9 Å². The van der Waals surface area contributed by atoms with Crippen LogP contribution in [0.2, 0.25) is 0 Å². The first-order valence-corrected chi connectivity index (χ1v) is 9.17. The fourth-order valence-electron chi connectivity index (χ4n) is 3.51. The fourth-order valence-corrected chi connectivity index (χ4v) is 3.51. The largest absolute Gasteiger partial charge is 0.336 e. The second-order valence-corrected chi connectivity index (χ2v) is 6.91. The van der Waals surface area contributed by atoms with Gasteiger partial charge in [-0.15, -0.1) is 0 Å². The highest BCUT2D eigenvalue weighted by Crippen LogP contribution is 2.14. The van der Waals surface area contributed by atoms with Crippen LogP contribution in [0.1, 0.15) is 21.7 Å². The van der Waals surface area contributed by atoms with Gasteiger partial charge in [0.25, 0.3) is 11.5 Å². The molecule has 27 heavy (non-hydrogen) atoms. The normalized spacial score (nSPS) is 15.2. The number of aromatic amines is 1. The number of para-hydroxylation sites is 1. The third kappa shape index (κ3) is 3.61. The molecule has 138 valence electrons. The average molecular weight is 362 g/mol. The van der Waals surface area contributed by atoms with E-state index in [0.717, 1.165) is 24.2 Å². The lowest BCUT2D eigenvalue weighted by Gasteiger charge is -2.34. The molecule has 6 heteroatoms. The van der Waals surface area contributed by atoms with Crippen molar-refractivity contribution in [3.05, 3.63) is 75.8 Å². The summed E-state index contributed by atoms with van der Waals surface area (Å²) >= 11 is 0. The van der Waals surface area contributed by atoms with E-state index in [9.17, 15) is 9.59 Å². The van der Waals surface area contributed by atoms with Gasteiger partial charge < -0.3 is 9.88 Å². The van der Waals surface area contributed by atoms with Crippen LogP contribution in [0, 0.1) is 6.92 Å². The van der Waals surface area contributed by atoms with Crippen molar-refractivity contribution in [2.75, 3.05) is 26.2 Å². The molecule has 0 spiro atoms. The van der Waals surface area contributed by atoms with E-state index in [0.29, 0.717) is 36.4 Å². The first kappa shape index (κ1) is 17.4. The SMILES string of the molecule is Cc1ccccc1C(=O)N1CCN(Cc2nc3ccccc3c(=O)[nH]2)CC1. The Hall–Kier alpha value is -2.99. The zero-order valence-corrected chi connectivity index (χ0v) is 15.3. The molecule has 0 atom stereocenters. The maximum absolute atomic E-state index is 12.7. The molecular weight excluding hydrogens is 340 g/mol. The van der Waals surface area contributed by atoms with Gasteiger partial charge >= 0.3 is 0 Å². The van der Waals surface area contributed by atoms with Crippen LogP contribution in [0.25, 0.3) is 10.9 Å². The molecule has 1 saturated heterocycles. The highest BCUT2D eigenvalue weighted by atomic mass is 16.2. The molecule has 1 N–H and O–H groups in total. The van der Waals surface area contributed by atoms with Crippen molar-refractivity contribution in [3.63, 3.8) is 0 Å². The van der Waals surface area contributed by atoms with Crippen molar-refractivity contribution in [1.29, 1.82) is 0 Å². The number of aryl methyl sites for hydroxylation is 1. The number of aromatic nitrogens is 2. The van der Waals surface area contributed by atoms with Crippen LogP contribution in [-0.2, 0) is 6.54 Å². The number of rotatable bonds is 3. The smallest absolute Gasteiger partial charge is 0.258 e. The third-order valence-corrected chi connectivity index (χ3v) is 5.07. The van der Waals surface area contributed by atoms with Crippen molar-refractivity contribution in [1.82, 2.24) is 19.8 Å². The van der Waals surface area contributed by atoms with Crippen molar-refractivity contribution >= 4 is 16.8 Å². The highest BCUT2D eigenvalue weighted by Gasteiger charge is 2.23. The third-order valence-electron chi connectivity index (χ3n) is 5.07. The van der Waals surface area contributed by atoms with E-state index < -0.39 is 0 Å². The summed E-state index contributed by atoms with van der Waals surface area (Å²) in [6.07, 6.45) is 0. The standard InChI is InChI=1S/C21H22N4O2/c1-15-6-2-3-7-16(15)21(27)25-12-10-24(11-13-25)14-19-22-18-9-5-4-8-17(18)20(26)23-19/h2-9H,10-14H2,1H3,(H,22,23,26). The second kappa shape index (κ2) is 7.32. The number of benzene rings is 2. The Bertz CT molecular complexity index is 1040. The minimum absolute atomic E-state index is 0.0880. The molecule has 1 aliphatic rings. The molecule has 4 rings (SSSR count). The molecule has 0 bridgehead atoms. The van der Waals surface area contributed by atoms with Crippen molar-refractivity contribution in [3.8, 4) is 0 Å². The molecule has 6 nitrogen and oxygen atoms in total. The molecule has 0 saturated carbocycles. The van der Waals surface area contributed by atoms with E-state index in [1.807, 2.05) is 54.3 Å². The fraction of sp³-hybridized carbons (Fsp3) is 0.286. The number of carbonyl (C=O) groups excluding carboxylic acids is 1. The number of nitrogens with zero attached hydrogens (tertiary/aromatic N) is 3. The molecular formula is C21H22N4O2. The summed E-state index contributed by atoms with van der Waals surface area (Å²) in [5, 5.41) is 0.606. The zero-order valence-electron chi connectivity index (χ0n) is 15.3. The first-order valence-electron chi connectivity index (χ1n) is 9.17. The van der Waals surface area contributed by atoms with Gasteiger partial charge in [0.1, 0.15) is 5.82 Å². The van der Waals surface area contributed by atoms with Crippen LogP contribution >= 0.6 is 0 Å². The minimum Gasteiger partial charge on any atom is -0.336 e. The number of amides is 1. The Kier molecular flexibility index (Phi) is 4.73. The molecule has 2 heterocycles. The molecule has 1 aliphatic heterocycles. The van der Waals surface area contributed by atoms with Gasteiger partial charge in [0, 0.05) is 31.7 Å². The Labute approximate surface area is 157 Å². The highest BCUT2D eigenvalue weighted by molar-refractivity contribution is 5.95. The molecule has 1 fully saturated rings. The van der Waals surface area contributed by atoms with Crippen molar-refractivity contribution in [2.45, 2.75) is 13.5 Å². The minimum atomic E-state index is -0.107. The molecule has 0 unspecified atom stereocenters. The number of nitrogens with one attached hydrogen (secondary N) is 1. The van der Waals surface area contributed by atoms with Gasteiger partial charge in [-0.2, -0.15) is 0 Å². The molecule has 1 aromatic heterocycles. The maximum Gasteiger partial charge on any atom is 0.258 e. The Morgan fingerprint density at radius 1 is 1.04 bits per heavy atom. The summed E-state index contributed by atoms with van der Waals surface area (Å²) in [5.74, 6) is 0.752. The number of hydrogen-bond acceptors (Lipinski definition) is 4. The van der Waals surface area contributed by atoms with Gasteiger partial charge in [-0.3, -0.25) is 14.5 Å². The van der Waals surface area contributed by atoms with Crippen LogP contribution in [-0.4, -0.2) is 51.9 Å². The summed E-state index contributed by atoms with van der Waals surface area (Å²) in [6, 6.07) is 15.0. The lowest BCUT2D eigenvalue weighted by atomic mass is 10.1. The van der Waals surface area contributed by atoms with E-state index >= 15 is 0 Å². The van der Waals surface area contributed by atoms with E-state index in [1.54, 1.807) is 6.07 Å². The Morgan fingerprint density at radius 2 is 1.74 bits per heavy atom. The van der Waals surface area contributed by atoms with Gasteiger partial charge in [-0.1, -0.05) is 30.3 Å². The maximum atomic E-state index is 12.7. The molecule has 0 aliphatic carbocycles.